The lowest BCUT2D eigenvalue weighted by atomic mass is 9.85. The lowest BCUT2D eigenvalue weighted by molar-refractivity contribution is -0.220. The van der Waals surface area contributed by atoms with Crippen LogP contribution in [0.15, 0.2) is 60.8 Å². The van der Waals surface area contributed by atoms with E-state index < -0.39 is 75.7 Å². The number of unbranched alkanes of at least 4 members (excludes halogenated alkanes) is 11. The van der Waals surface area contributed by atoms with Gasteiger partial charge in [-0.3, -0.25) is 18.6 Å². The fourth-order valence-corrected chi connectivity index (χ4v) is 6.89. The normalized spacial score (nSPS) is 23.3. The molecule has 0 spiro atoms. The first-order valence-corrected chi connectivity index (χ1v) is 22.6. The molecule has 1 aliphatic rings. The number of allylic oxidation sites excluding steroid dienone is 10. The van der Waals surface area contributed by atoms with Gasteiger partial charge in [0.2, 0.25) is 0 Å². The van der Waals surface area contributed by atoms with Crippen LogP contribution in [-0.2, 0) is 32.7 Å². The predicted molar refractivity (Wildman–Crippen MR) is 221 cm³/mol. The van der Waals surface area contributed by atoms with Crippen molar-refractivity contribution in [1.29, 1.82) is 0 Å². The van der Waals surface area contributed by atoms with E-state index in [1.54, 1.807) is 0 Å². The van der Waals surface area contributed by atoms with Crippen molar-refractivity contribution in [2.45, 2.75) is 185 Å². The van der Waals surface area contributed by atoms with Gasteiger partial charge in [0.05, 0.1) is 6.61 Å². The highest BCUT2D eigenvalue weighted by Crippen LogP contribution is 2.47. The zero-order valence-corrected chi connectivity index (χ0v) is 35.3. The van der Waals surface area contributed by atoms with Crippen LogP contribution in [0, 0.1) is 0 Å². The van der Waals surface area contributed by atoms with Gasteiger partial charge in [0.1, 0.15) is 43.2 Å². The van der Waals surface area contributed by atoms with Gasteiger partial charge in [-0.15, -0.1) is 0 Å². The summed E-state index contributed by atoms with van der Waals surface area (Å²) in [7, 11) is -5.13. The Morgan fingerprint density at radius 3 is 1.51 bits per heavy atom. The second-order valence-corrected chi connectivity index (χ2v) is 15.9. The second-order valence-electron chi connectivity index (χ2n) is 14.5. The van der Waals surface area contributed by atoms with Crippen molar-refractivity contribution in [1.82, 2.24) is 0 Å². The second kappa shape index (κ2) is 33.4. The van der Waals surface area contributed by atoms with Crippen molar-refractivity contribution < 1.29 is 63.1 Å². The Kier molecular flexibility index (Phi) is 30.8. The number of hydrogen-bond acceptors (Lipinski definition) is 12. The van der Waals surface area contributed by atoms with Crippen LogP contribution < -0.4 is 0 Å². The van der Waals surface area contributed by atoms with Crippen LogP contribution in [0.5, 0.6) is 0 Å². The standard InChI is InChI=1S/C43H73O13P/c1-3-5-7-9-11-13-14-15-16-17-18-19-20-21-22-24-25-27-29-31-36(44)53-33-35(55-37(45)32-30-28-26-23-12-10-8-6-4-2)34-54-57(51,52)56-43-41(49)39(47)38(46)40(48)42(43)50/h11,13,15-16,18-19,21-22,25,27,35,38-43,46-50H,3-10,12,14,17,20,23-24,26,28-34H2,1-2H3,(H,51,52)/b13-11+,16-15+,19-18+,22-21+,27-25+/t35-,38?,39-,40?,41?,42?,43?/m0/s1. The van der Waals surface area contributed by atoms with Crippen LogP contribution in [0.2, 0.25) is 0 Å². The largest absolute Gasteiger partial charge is 0.472 e. The van der Waals surface area contributed by atoms with Crippen LogP contribution in [0.3, 0.4) is 0 Å². The fraction of sp³-hybridized carbons (Fsp3) is 0.721. The first-order chi connectivity index (χ1) is 27.4. The number of ether oxygens (including phenoxy) is 2. The highest BCUT2D eigenvalue weighted by atomic mass is 31.2. The molecule has 6 N–H and O–H groups in total. The third-order valence-electron chi connectivity index (χ3n) is 9.38. The highest BCUT2D eigenvalue weighted by molar-refractivity contribution is 7.47. The maximum absolute atomic E-state index is 12.7. The Balaban J connectivity index is 2.52. The molecule has 1 saturated carbocycles. The van der Waals surface area contributed by atoms with E-state index in [1.165, 1.54) is 44.9 Å². The van der Waals surface area contributed by atoms with Crippen LogP contribution in [-0.4, -0.2) is 98.3 Å². The molecule has 1 fully saturated rings. The molecule has 0 radical (unpaired) electrons. The average molecular weight is 829 g/mol. The van der Waals surface area contributed by atoms with E-state index in [1.807, 2.05) is 18.2 Å². The van der Waals surface area contributed by atoms with Gasteiger partial charge in [-0.25, -0.2) is 4.57 Å². The van der Waals surface area contributed by atoms with E-state index in [2.05, 4.69) is 56.4 Å². The minimum atomic E-state index is -5.13. The number of carbonyl (C=O) groups is 2. The summed E-state index contributed by atoms with van der Waals surface area (Å²) < 4.78 is 33.3. The van der Waals surface area contributed by atoms with E-state index in [-0.39, 0.29) is 12.8 Å². The van der Waals surface area contributed by atoms with Gasteiger partial charge >= 0.3 is 19.8 Å². The predicted octanol–water partition coefficient (Wildman–Crippen LogP) is 7.38. The Morgan fingerprint density at radius 2 is 0.982 bits per heavy atom. The van der Waals surface area contributed by atoms with Gasteiger partial charge in [-0.2, -0.15) is 0 Å². The lowest BCUT2D eigenvalue weighted by Crippen LogP contribution is -2.64. The van der Waals surface area contributed by atoms with Gasteiger partial charge < -0.3 is 39.9 Å². The summed E-state index contributed by atoms with van der Waals surface area (Å²) in [6, 6.07) is 0. The van der Waals surface area contributed by atoms with Crippen molar-refractivity contribution >= 4 is 19.8 Å². The van der Waals surface area contributed by atoms with Gasteiger partial charge in [0.15, 0.2) is 6.10 Å². The van der Waals surface area contributed by atoms with Crippen molar-refractivity contribution in [3.63, 3.8) is 0 Å². The number of phosphoric ester groups is 1. The van der Waals surface area contributed by atoms with Crippen molar-refractivity contribution in [3.05, 3.63) is 60.8 Å². The van der Waals surface area contributed by atoms with Gasteiger partial charge in [0, 0.05) is 12.8 Å². The van der Waals surface area contributed by atoms with Gasteiger partial charge in [-0.05, 0) is 51.4 Å². The minimum absolute atomic E-state index is 0.0423. The molecular weight excluding hydrogens is 755 g/mol. The first kappa shape index (κ1) is 52.6. The topological polar surface area (TPSA) is 210 Å². The molecule has 0 bridgehead atoms. The highest BCUT2D eigenvalue weighted by Gasteiger charge is 2.51. The molecular formula is C43H73O13P. The van der Waals surface area contributed by atoms with Crippen LogP contribution >= 0.6 is 7.82 Å². The van der Waals surface area contributed by atoms with E-state index >= 15 is 0 Å². The van der Waals surface area contributed by atoms with E-state index in [0.29, 0.717) is 19.3 Å². The molecule has 1 aliphatic carbocycles. The molecule has 1 rings (SSSR count). The monoisotopic (exact) mass is 828 g/mol. The fourth-order valence-electron chi connectivity index (χ4n) is 5.92. The summed E-state index contributed by atoms with van der Waals surface area (Å²) in [5, 5.41) is 50.0. The quantitative estimate of drug-likeness (QED) is 0.0165. The molecule has 0 aromatic carbocycles. The van der Waals surface area contributed by atoms with E-state index in [4.69, 9.17) is 18.5 Å². The van der Waals surface area contributed by atoms with E-state index in [9.17, 15) is 44.6 Å². The van der Waals surface area contributed by atoms with Gasteiger partial charge in [-0.1, -0.05) is 139 Å². The Morgan fingerprint density at radius 1 is 0.544 bits per heavy atom. The summed E-state index contributed by atoms with van der Waals surface area (Å²) in [5.41, 5.74) is 0. The first-order valence-electron chi connectivity index (χ1n) is 21.1. The molecule has 13 nitrogen and oxygen atoms in total. The maximum atomic E-state index is 12.7. The minimum Gasteiger partial charge on any atom is -0.462 e. The number of rotatable bonds is 33. The summed E-state index contributed by atoms with van der Waals surface area (Å²) >= 11 is 0. The van der Waals surface area contributed by atoms with Crippen LogP contribution in [0.4, 0.5) is 0 Å². The third-order valence-corrected chi connectivity index (χ3v) is 10.4. The molecule has 14 heteroatoms. The smallest absolute Gasteiger partial charge is 0.462 e. The molecule has 57 heavy (non-hydrogen) atoms. The summed E-state index contributed by atoms with van der Waals surface area (Å²) in [5.74, 6) is -1.20. The number of esters is 2. The van der Waals surface area contributed by atoms with Crippen LogP contribution in [0.25, 0.3) is 0 Å². The summed E-state index contributed by atoms with van der Waals surface area (Å²) in [6.45, 7) is 3.14. The Bertz CT molecular complexity index is 1230. The van der Waals surface area contributed by atoms with Crippen LogP contribution in [0.1, 0.15) is 142 Å². The molecule has 0 aromatic rings. The number of phosphoric acid groups is 1. The summed E-state index contributed by atoms with van der Waals surface area (Å²) in [6.07, 6.45) is 26.0. The third kappa shape index (κ3) is 26.3. The Labute approximate surface area is 341 Å². The van der Waals surface area contributed by atoms with Crippen molar-refractivity contribution in [3.8, 4) is 0 Å². The van der Waals surface area contributed by atoms with Gasteiger partial charge in [0.25, 0.3) is 0 Å². The van der Waals surface area contributed by atoms with Crippen molar-refractivity contribution in [2.24, 2.45) is 0 Å². The molecule has 0 aromatic heterocycles. The van der Waals surface area contributed by atoms with Crippen molar-refractivity contribution in [2.75, 3.05) is 13.2 Å². The molecule has 0 heterocycles. The molecule has 0 saturated heterocycles. The number of aliphatic hydroxyl groups is 5. The number of hydrogen-bond donors (Lipinski definition) is 6. The number of aliphatic hydroxyl groups excluding tert-OH is 5. The zero-order chi connectivity index (χ0) is 42.2. The maximum Gasteiger partial charge on any atom is 0.472 e. The average Bonchev–Trinajstić information content (AvgIpc) is 3.19. The summed E-state index contributed by atoms with van der Waals surface area (Å²) in [4.78, 5) is 35.4. The zero-order valence-electron chi connectivity index (χ0n) is 34.4. The SMILES string of the molecule is CCCCC/C=C/C/C=C/C/C=C/C/C=C/C/C=C/CCC(=O)OC[C@@H](COP(=O)(O)OC1C(O)C(O)C(O)[C@H](O)C1O)OC(=O)CCCCCCCCCCC. The molecule has 0 amide bonds. The number of carbonyl (C=O) groups excluding carboxylic acids is 2. The Hall–Kier alpha value is -2.45. The van der Waals surface area contributed by atoms with E-state index in [0.717, 1.165) is 51.4 Å². The lowest BCUT2D eigenvalue weighted by Gasteiger charge is -2.41. The molecule has 328 valence electrons. The molecule has 8 atom stereocenters. The molecule has 0 aliphatic heterocycles. The molecule has 6 unspecified atom stereocenters.